The normalized spacial score (nSPS) is 14.2. The lowest BCUT2D eigenvalue weighted by molar-refractivity contribution is -0.00336. The smallest absolute Gasteiger partial charge is 0.415 e. The average molecular weight is 232 g/mol. The molecule has 0 aliphatic carbocycles. The Morgan fingerprint density at radius 2 is 1.38 bits per heavy atom. The van der Waals surface area contributed by atoms with E-state index in [1.165, 1.54) is 0 Å². The van der Waals surface area contributed by atoms with Gasteiger partial charge in [0.15, 0.2) is 12.5 Å². The van der Waals surface area contributed by atoms with Crippen molar-refractivity contribution in [2.24, 2.45) is 11.5 Å². The van der Waals surface area contributed by atoms with Gasteiger partial charge in [-0.15, -0.1) is 0 Å². The first-order valence-electron chi connectivity index (χ1n) is 5.98. The van der Waals surface area contributed by atoms with Gasteiger partial charge in [-0.05, 0) is 25.7 Å². The maximum Gasteiger partial charge on any atom is 0.511 e. The van der Waals surface area contributed by atoms with Crippen LogP contribution in [0.5, 0.6) is 0 Å². The maximum atomic E-state index is 11.2. The molecular weight excluding hydrogens is 208 g/mol. The van der Waals surface area contributed by atoms with Crippen LogP contribution in [0.25, 0.3) is 0 Å². The van der Waals surface area contributed by atoms with E-state index in [0.29, 0.717) is 12.8 Å². The third kappa shape index (κ3) is 8.49. The third-order valence-electron chi connectivity index (χ3n) is 2.18. The summed E-state index contributed by atoms with van der Waals surface area (Å²) in [7, 11) is 0. The van der Waals surface area contributed by atoms with Gasteiger partial charge in [-0.1, -0.05) is 26.7 Å². The lowest BCUT2D eigenvalue weighted by Crippen LogP contribution is -2.32. The highest BCUT2D eigenvalue weighted by atomic mass is 16.7. The first-order chi connectivity index (χ1) is 7.60. The molecule has 0 bridgehead atoms. The second kappa shape index (κ2) is 9.42. The predicted molar refractivity (Wildman–Crippen MR) is 62.6 cm³/mol. The van der Waals surface area contributed by atoms with Gasteiger partial charge in [0.2, 0.25) is 0 Å². The summed E-state index contributed by atoms with van der Waals surface area (Å²) in [4.78, 5) is 11.2. The molecular formula is C11H24N2O3. The van der Waals surface area contributed by atoms with Gasteiger partial charge in [0.05, 0.1) is 0 Å². The first-order valence-corrected chi connectivity index (χ1v) is 5.98. The van der Waals surface area contributed by atoms with Crippen molar-refractivity contribution in [3.63, 3.8) is 0 Å². The largest absolute Gasteiger partial charge is 0.511 e. The summed E-state index contributed by atoms with van der Waals surface area (Å²) in [5.41, 5.74) is 11.1. The zero-order chi connectivity index (χ0) is 12.4. The molecule has 4 N–H and O–H groups in total. The molecule has 0 aromatic heterocycles. The van der Waals surface area contributed by atoms with Crippen LogP contribution in [0.4, 0.5) is 4.79 Å². The van der Waals surface area contributed by atoms with Crippen molar-refractivity contribution in [3.05, 3.63) is 0 Å². The van der Waals surface area contributed by atoms with Crippen LogP contribution in [0.2, 0.25) is 0 Å². The zero-order valence-electron chi connectivity index (χ0n) is 10.3. The summed E-state index contributed by atoms with van der Waals surface area (Å²) in [5.74, 6) is 0. The van der Waals surface area contributed by atoms with Gasteiger partial charge in [0.25, 0.3) is 0 Å². The van der Waals surface area contributed by atoms with Crippen LogP contribution in [0.1, 0.15) is 52.4 Å². The van der Waals surface area contributed by atoms with Crippen molar-refractivity contribution in [3.8, 4) is 0 Å². The third-order valence-corrected chi connectivity index (χ3v) is 2.18. The minimum atomic E-state index is -0.771. The number of hydrogen-bond acceptors (Lipinski definition) is 5. The average Bonchev–Trinajstić information content (AvgIpc) is 2.23. The standard InChI is InChI=1S/C11H24N2O3/c1-3-5-7-9(12)15-11(14)16-10(13)8-6-4-2/h9-10H,3-8,12-13H2,1-2H3. The monoisotopic (exact) mass is 232 g/mol. The molecule has 0 aromatic rings. The summed E-state index contributed by atoms with van der Waals surface area (Å²) < 4.78 is 9.68. The van der Waals surface area contributed by atoms with E-state index in [2.05, 4.69) is 0 Å². The number of hydrogen-bond donors (Lipinski definition) is 2. The zero-order valence-corrected chi connectivity index (χ0v) is 10.3. The minimum Gasteiger partial charge on any atom is -0.415 e. The Hall–Kier alpha value is -0.810. The Balaban J connectivity index is 3.63. The van der Waals surface area contributed by atoms with Crippen molar-refractivity contribution >= 4 is 6.16 Å². The summed E-state index contributed by atoms with van der Waals surface area (Å²) in [6.07, 6.45) is 3.23. The fraction of sp³-hybridized carbons (Fsp3) is 0.909. The van der Waals surface area contributed by atoms with Crippen LogP contribution in [-0.4, -0.2) is 18.6 Å². The molecule has 2 unspecified atom stereocenters. The van der Waals surface area contributed by atoms with E-state index >= 15 is 0 Å². The van der Waals surface area contributed by atoms with E-state index in [9.17, 15) is 4.79 Å². The minimum absolute atomic E-state index is 0.592. The van der Waals surface area contributed by atoms with Gasteiger partial charge >= 0.3 is 6.16 Å². The van der Waals surface area contributed by atoms with Crippen LogP contribution < -0.4 is 11.5 Å². The van der Waals surface area contributed by atoms with Crippen molar-refractivity contribution in [2.75, 3.05) is 0 Å². The molecule has 0 saturated heterocycles. The molecule has 0 fully saturated rings. The molecule has 0 heterocycles. The van der Waals surface area contributed by atoms with E-state index in [4.69, 9.17) is 20.9 Å². The van der Waals surface area contributed by atoms with Gasteiger partial charge in [0, 0.05) is 0 Å². The molecule has 96 valence electrons. The molecule has 2 atom stereocenters. The van der Waals surface area contributed by atoms with E-state index in [1.807, 2.05) is 13.8 Å². The highest BCUT2D eigenvalue weighted by Gasteiger charge is 2.14. The highest BCUT2D eigenvalue weighted by molar-refractivity contribution is 5.60. The molecule has 5 heteroatoms. The van der Waals surface area contributed by atoms with Crippen molar-refractivity contribution in [2.45, 2.75) is 64.8 Å². The van der Waals surface area contributed by atoms with Crippen molar-refractivity contribution in [1.82, 2.24) is 0 Å². The van der Waals surface area contributed by atoms with E-state index in [-0.39, 0.29) is 0 Å². The number of rotatable bonds is 8. The Bertz CT molecular complexity index is 170. The van der Waals surface area contributed by atoms with Crippen LogP contribution >= 0.6 is 0 Å². The van der Waals surface area contributed by atoms with Crippen LogP contribution in [0, 0.1) is 0 Å². The number of nitrogens with two attached hydrogens (primary N) is 2. The lowest BCUT2D eigenvalue weighted by atomic mass is 10.2. The Kier molecular flexibility index (Phi) is 8.94. The van der Waals surface area contributed by atoms with Crippen molar-refractivity contribution < 1.29 is 14.3 Å². The Morgan fingerprint density at radius 1 is 1.00 bits per heavy atom. The van der Waals surface area contributed by atoms with Crippen LogP contribution in [0.15, 0.2) is 0 Å². The Labute approximate surface area is 97.5 Å². The van der Waals surface area contributed by atoms with Gasteiger partial charge in [-0.2, -0.15) is 0 Å². The summed E-state index contributed by atoms with van der Waals surface area (Å²) >= 11 is 0. The molecule has 0 aliphatic heterocycles. The van der Waals surface area contributed by atoms with E-state index in [1.54, 1.807) is 0 Å². The van der Waals surface area contributed by atoms with Gasteiger partial charge in [-0.3, -0.25) is 11.5 Å². The van der Waals surface area contributed by atoms with Crippen molar-refractivity contribution in [1.29, 1.82) is 0 Å². The number of unbranched alkanes of at least 4 members (excludes halogenated alkanes) is 2. The lowest BCUT2D eigenvalue weighted by Gasteiger charge is -2.15. The van der Waals surface area contributed by atoms with E-state index < -0.39 is 18.6 Å². The second-order valence-corrected chi connectivity index (χ2v) is 3.85. The van der Waals surface area contributed by atoms with Gasteiger partial charge in [-0.25, -0.2) is 4.79 Å². The molecule has 0 spiro atoms. The van der Waals surface area contributed by atoms with Gasteiger partial charge < -0.3 is 9.47 Å². The fourth-order valence-electron chi connectivity index (χ4n) is 1.20. The summed E-state index contributed by atoms with van der Waals surface area (Å²) in [5, 5.41) is 0. The number of carbonyl (C=O) groups is 1. The van der Waals surface area contributed by atoms with Gasteiger partial charge in [0.1, 0.15) is 0 Å². The highest BCUT2D eigenvalue weighted by Crippen LogP contribution is 2.04. The van der Waals surface area contributed by atoms with Crippen LogP contribution in [-0.2, 0) is 9.47 Å². The molecule has 0 aromatic carbocycles. The molecule has 16 heavy (non-hydrogen) atoms. The Morgan fingerprint density at radius 3 is 1.69 bits per heavy atom. The molecule has 0 radical (unpaired) electrons. The molecule has 0 rings (SSSR count). The maximum absolute atomic E-state index is 11.2. The van der Waals surface area contributed by atoms with E-state index in [0.717, 1.165) is 25.7 Å². The molecule has 0 aliphatic rings. The SMILES string of the molecule is CCCCC(N)OC(=O)OC(N)CCCC. The van der Waals surface area contributed by atoms with Crippen LogP contribution in [0.3, 0.4) is 0 Å². The second-order valence-electron chi connectivity index (χ2n) is 3.85. The molecule has 5 nitrogen and oxygen atoms in total. The molecule has 0 amide bonds. The number of ether oxygens (including phenoxy) is 2. The fourth-order valence-corrected chi connectivity index (χ4v) is 1.20. The number of carbonyl (C=O) groups excluding carboxylic acids is 1. The molecule has 0 saturated carbocycles. The summed E-state index contributed by atoms with van der Waals surface area (Å²) in [6, 6.07) is 0. The first kappa shape index (κ1) is 15.2. The summed E-state index contributed by atoms with van der Waals surface area (Å²) in [6.45, 7) is 4.09. The topological polar surface area (TPSA) is 87.6 Å². The predicted octanol–water partition coefficient (Wildman–Crippen LogP) is 2.09. The quantitative estimate of drug-likeness (QED) is 0.494.